The molecule has 1 rings (SSSR count). The standard InChI is InChI=1S/C10H12FN3O3/c1-6(4-10(12)15)13-8-3-2-7(11)5-9(8)14(16)17/h2-3,5-6,13H,4H2,1H3,(H2,12,15). The molecule has 0 fully saturated rings. The number of rotatable bonds is 5. The number of benzene rings is 1. The van der Waals surface area contributed by atoms with E-state index < -0.39 is 16.6 Å². The van der Waals surface area contributed by atoms with E-state index in [9.17, 15) is 19.3 Å². The Kier molecular flexibility index (Phi) is 3.97. The van der Waals surface area contributed by atoms with Gasteiger partial charge >= 0.3 is 0 Å². The zero-order valence-corrected chi connectivity index (χ0v) is 9.14. The quantitative estimate of drug-likeness (QED) is 0.601. The first kappa shape index (κ1) is 12.9. The molecular formula is C10H12FN3O3. The first-order valence-electron chi connectivity index (χ1n) is 4.89. The van der Waals surface area contributed by atoms with Crippen LogP contribution in [0.2, 0.25) is 0 Å². The molecule has 1 aromatic rings. The number of carbonyl (C=O) groups excluding carboxylic acids is 1. The molecular weight excluding hydrogens is 229 g/mol. The minimum absolute atomic E-state index is 0.0362. The molecule has 7 heteroatoms. The molecule has 0 aromatic heterocycles. The Morgan fingerprint density at radius 2 is 2.29 bits per heavy atom. The summed E-state index contributed by atoms with van der Waals surface area (Å²) in [5.74, 6) is -1.21. The maximum Gasteiger partial charge on any atom is 0.295 e. The van der Waals surface area contributed by atoms with Crippen molar-refractivity contribution in [1.82, 2.24) is 0 Å². The lowest BCUT2D eigenvalue weighted by atomic mass is 10.2. The number of nitro benzene ring substituents is 1. The molecule has 0 heterocycles. The van der Waals surface area contributed by atoms with Crippen LogP contribution >= 0.6 is 0 Å². The number of nitrogens with one attached hydrogen (secondary N) is 1. The van der Waals surface area contributed by atoms with Crippen molar-refractivity contribution >= 4 is 17.3 Å². The second-order valence-corrected chi connectivity index (χ2v) is 3.63. The topological polar surface area (TPSA) is 98.3 Å². The van der Waals surface area contributed by atoms with E-state index in [-0.39, 0.29) is 23.8 Å². The Hall–Kier alpha value is -2.18. The van der Waals surface area contributed by atoms with E-state index in [1.807, 2.05) is 0 Å². The first-order valence-corrected chi connectivity index (χ1v) is 4.89. The van der Waals surface area contributed by atoms with Gasteiger partial charge < -0.3 is 11.1 Å². The van der Waals surface area contributed by atoms with Gasteiger partial charge in [0.1, 0.15) is 11.5 Å². The molecule has 0 aliphatic rings. The van der Waals surface area contributed by atoms with Crippen LogP contribution in [-0.4, -0.2) is 16.9 Å². The third-order valence-electron chi connectivity index (χ3n) is 2.07. The molecule has 0 saturated heterocycles. The molecule has 0 spiro atoms. The fourth-order valence-corrected chi connectivity index (χ4v) is 1.40. The summed E-state index contributed by atoms with van der Waals surface area (Å²) in [6, 6.07) is 2.81. The van der Waals surface area contributed by atoms with E-state index >= 15 is 0 Å². The minimum atomic E-state index is -0.692. The number of carbonyl (C=O) groups is 1. The number of amides is 1. The number of halogens is 1. The molecule has 1 amide bonds. The summed E-state index contributed by atoms with van der Waals surface area (Å²) >= 11 is 0. The first-order chi connectivity index (χ1) is 7.90. The molecule has 1 atom stereocenters. The van der Waals surface area contributed by atoms with Crippen molar-refractivity contribution in [2.24, 2.45) is 5.73 Å². The second-order valence-electron chi connectivity index (χ2n) is 3.63. The predicted molar refractivity (Wildman–Crippen MR) is 60.0 cm³/mol. The molecule has 0 radical (unpaired) electrons. The summed E-state index contributed by atoms with van der Waals surface area (Å²) in [4.78, 5) is 20.7. The number of nitro groups is 1. The van der Waals surface area contributed by atoms with E-state index in [4.69, 9.17) is 5.73 Å². The third kappa shape index (κ3) is 3.71. The van der Waals surface area contributed by atoms with E-state index in [2.05, 4.69) is 5.32 Å². The normalized spacial score (nSPS) is 11.9. The van der Waals surface area contributed by atoms with E-state index in [1.54, 1.807) is 6.92 Å². The average molecular weight is 241 g/mol. The summed E-state index contributed by atoms with van der Waals surface area (Å²) in [7, 11) is 0. The van der Waals surface area contributed by atoms with Crippen molar-refractivity contribution in [3.8, 4) is 0 Å². The molecule has 1 aromatic carbocycles. The highest BCUT2D eigenvalue weighted by Gasteiger charge is 2.17. The van der Waals surface area contributed by atoms with Crippen LogP contribution in [0.3, 0.4) is 0 Å². The molecule has 0 bridgehead atoms. The van der Waals surface area contributed by atoms with Gasteiger partial charge in [-0.3, -0.25) is 14.9 Å². The zero-order chi connectivity index (χ0) is 13.0. The molecule has 6 nitrogen and oxygen atoms in total. The number of nitrogens with two attached hydrogens (primary N) is 1. The van der Waals surface area contributed by atoms with Gasteiger partial charge in [-0.05, 0) is 19.1 Å². The van der Waals surface area contributed by atoms with Gasteiger partial charge in [0.25, 0.3) is 5.69 Å². The van der Waals surface area contributed by atoms with Gasteiger partial charge in [0, 0.05) is 12.5 Å². The Morgan fingerprint density at radius 1 is 1.65 bits per heavy atom. The van der Waals surface area contributed by atoms with Crippen molar-refractivity contribution in [3.05, 3.63) is 34.1 Å². The molecule has 1 unspecified atom stereocenters. The van der Waals surface area contributed by atoms with E-state index in [0.29, 0.717) is 0 Å². The number of hydrogen-bond donors (Lipinski definition) is 2. The molecule has 17 heavy (non-hydrogen) atoms. The summed E-state index contributed by atoms with van der Waals surface area (Å²) < 4.78 is 12.8. The summed E-state index contributed by atoms with van der Waals surface area (Å²) in [5.41, 5.74) is 4.78. The fraction of sp³-hybridized carbons (Fsp3) is 0.300. The Morgan fingerprint density at radius 3 is 2.82 bits per heavy atom. The van der Waals surface area contributed by atoms with Crippen molar-refractivity contribution < 1.29 is 14.1 Å². The fourth-order valence-electron chi connectivity index (χ4n) is 1.40. The number of hydrogen-bond acceptors (Lipinski definition) is 4. The van der Waals surface area contributed by atoms with Gasteiger partial charge in [-0.1, -0.05) is 0 Å². The van der Waals surface area contributed by atoms with Gasteiger partial charge in [-0.2, -0.15) is 0 Å². The monoisotopic (exact) mass is 241 g/mol. The van der Waals surface area contributed by atoms with Gasteiger partial charge in [0.15, 0.2) is 0 Å². The highest BCUT2D eigenvalue weighted by Crippen LogP contribution is 2.25. The SMILES string of the molecule is CC(CC(N)=O)Nc1ccc(F)cc1[N+](=O)[O-]. The minimum Gasteiger partial charge on any atom is -0.377 e. The highest BCUT2D eigenvalue weighted by atomic mass is 19.1. The van der Waals surface area contributed by atoms with Crippen LogP contribution in [0.5, 0.6) is 0 Å². The molecule has 0 aliphatic heterocycles. The summed E-state index contributed by atoms with van der Waals surface area (Å²) in [5, 5.41) is 13.4. The largest absolute Gasteiger partial charge is 0.377 e. The number of nitrogens with zero attached hydrogens (tertiary/aromatic N) is 1. The van der Waals surface area contributed by atoms with E-state index in [0.717, 1.165) is 12.1 Å². The van der Waals surface area contributed by atoms with Crippen molar-refractivity contribution in [1.29, 1.82) is 0 Å². The summed E-state index contributed by atoms with van der Waals surface area (Å²) in [6.07, 6.45) is 0.0362. The van der Waals surface area contributed by atoms with Crippen molar-refractivity contribution in [2.75, 3.05) is 5.32 Å². The third-order valence-corrected chi connectivity index (χ3v) is 2.07. The van der Waals surface area contributed by atoms with Gasteiger partial charge in [-0.15, -0.1) is 0 Å². The zero-order valence-electron chi connectivity index (χ0n) is 9.14. The van der Waals surface area contributed by atoms with Crippen LogP contribution in [0.15, 0.2) is 18.2 Å². The maximum absolute atomic E-state index is 12.8. The summed E-state index contributed by atoms with van der Waals surface area (Å²) in [6.45, 7) is 1.65. The van der Waals surface area contributed by atoms with E-state index in [1.165, 1.54) is 6.07 Å². The second kappa shape index (κ2) is 5.24. The van der Waals surface area contributed by atoms with Gasteiger partial charge in [-0.25, -0.2) is 4.39 Å². The van der Waals surface area contributed by atoms with Crippen LogP contribution < -0.4 is 11.1 Å². The van der Waals surface area contributed by atoms with Crippen LogP contribution in [0.25, 0.3) is 0 Å². The maximum atomic E-state index is 12.8. The smallest absolute Gasteiger partial charge is 0.295 e. The predicted octanol–water partition coefficient (Wildman–Crippen LogP) is 1.41. The van der Waals surface area contributed by atoms with Crippen molar-refractivity contribution in [3.63, 3.8) is 0 Å². The lowest BCUT2D eigenvalue weighted by Crippen LogP contribution is -2.24. The lowest BCUT2D eigenvalue weighted by molar-refractivity contribution is -0.384. The van der Waals surface area contributed by atoms with Crippen LogP contribution in [0.4, 0.5) is 15.8 Å². The lowest BCUT2D eigenvalue weighted by Gasteiger charge is -2.13. The Balaban J connectivity index is 2.90. The van der Waals surface area contributed by atoms with Crippen LogP contribution in [-0.2, 0) is 4.79 Å². The Bertz CT molecular complexity index is 450. The van der Waals surface area contributed by atoms with Gasteiger partial charge in [0.2, 0.25) is 5.91 Å². The van der Waals surface area contributed by atoms with Crippen LogP contribution in [0.1, 0.15) is 13.3 Å². The van der Waals surface area contributed by atoms with Crippen LogP contribution in [0, 0.1) is 15.9 Å². The highest BCUT2D eigenvalue weighted by molar-refractivity contribution is 5.75. The Labute approximate surface area is 96.8 Å². The van der Waals surface area contributed by atoms with Gasteiger partial charge in [0.05, 0.1) is 11.0 Å². The molecule has 92 valence electrons. The average Bonchev–Trinajstić information content (AvgIpc) is 2.19. The molecule has 0 saturated carbocycles. The number of anilines is 1. The number of primary amides is 1. The molecule has 3 N–H and O–H groups in total. The molecule has 0 aliphatic carbocycles. The van der Waals surface area contributed by atoms with Crippen molar-refractivity contribution in [2.45, 2.75) is 19.4 Å².